The molecule has 0 aromatic carbocycles. The molecule has 0 unspecified atom stereocenters. The van der Waals surface area contributed by atoms with E-state index in [1.165, 1.54) is 0 Å². The Morgan fingerprint density at radius 2 is 1.67 bits per heavy atom. The molecule has 1 rings (SSSR count). The molecule has 4 heteroatoms. The predicted molar refractivity (Wildman–Crippen MR) is 16.4 cm³/mol. The number of H-pyrrole nitrogens is 1. The minimum absolute atomic E-state index is 0. The van der Waals surface area contributed by atoms with Gasteiger partial charge in [0.15, 0.2) is 0 Å². The second kappa shape index (κ2) is 2.97. The van der Waals surface area contributed by atoms with Gasteiger partial charge in [-0.3, -0.25) is 0 Å². The van der Waals surface area contributed by atoms with Crippen molar-refractivity contribution in [2.75, 3.05) is 0 Å². The summed E-state index contributed by atoms with van der Waals surface area (Å²) >= 11 is 0. The Morgan fingerprint density at radius 3 is 1.83 bits per heavy atom. The van der Waals surface area contributed by atoms with Crippen molar-refractivity contribution in [3.63, 3.8) is 0 Å². The molecular weight excluding hydrogens is 131 g/mol. The van der Waals surface area contributed by atoms with Gasteiger partial charge in [0, 0.05) is 0 Å². The predicted octanol–water partition coefficient (Wildman–Crippen LogP) is -0.198. The van der Waals surface area contributed by atoms with E-state index in [0.29, 0.717) is 0 Å². The number of nitrogens with one attached hydrogen (secondary N) is 1. The zero-order valence-electron chi connectivity index (χ0n) is 3.26. The van der Waals surface area contributed by atoms with Crippen LogP contribution in [0.25, 0.3) is 0 Å². The molecule has 6 heavy (non-hydrogen) atoms. The smallest absolute Gasteiger partial charge is 0.198 e. The van der Waals surface area contributed by atoms with Crippen LogP contribution in [0.2, 0.25) is 0 Å². The van der Waals surface area contributed by atoms with Crippen molar-refractivity contribution in [3.8, 4) is 0 Å². The van der Waals surface area contributed by atoms with E-state index >= 15 is 0 Å². The second-order valence-corrected chi connectivity index (χ2v) is 0.656. The molecule has 1 aromatic rings. The van der Waals surface area contributed by atoms with Crippen molar-refractivity contribution in [1.29, 1.82) is 0 Å². The molecule has 3 nitrogen and oxygen atoms in total. The first-order valence-corrected chi connectivity index (χ1v) is 1.30. The first kappa shape index (κ1) is 5.76. The summed E-state index contributed by atoms with van der Waals surface area (Å²) in [6.07, 6.45) is 3.17. The van der Waals surface area contributed by atoms with E-state index in [4.69, 9.17) is 0 Å². The molecule has 0 fully saturated rings. The van der Waals surface area contributed by atoms with Crippen LogP contribution in [0.4, 0.5) is 0 Å². The fourth-order valence-corrected chi connectivity index (χ4v) is 0.167. The fourth-order valence-electron chi connectivity index (χ4n) is 0.167. The van der Waals surface area contributed by atoms with E-state index in [1.807, 2.05) is 0 Å². The number of aromatic nitrogens is 3. The number of nitrogens with zero attached hydrogens (tertiary/aromatic N) is 2. The Labute approximate surface area is 47.9 Å². The molecular formula is C2H3N3Zn+2. The fraction of sp³-hybridized carbons (Fsp3) is 0. The molecule has 1 aromatic heterocycles. The van der Waals surface area contributed by atoms with E-state index in [2.05, 4.69) is 15.4 Å². The van der Waals surface area contributed by atoms with Gasteiger partial charge in [-0.15, -0.1) is 0 Å². The minimum atomic E-state index is 0. The molecule has 1 N–H and O–H groups in total. The number of aromatic amines is 1. The monoisotopic (exact) mass is 133 g/mol. The van der Waals surface area contributed by atoms with Crippen molar-refractivity contribution < 1.29 is 19.5 Å². The maximum atomic E-state index is 3.49. The van der Waals surface area contributed by atoms with Gasteiger partial charge in [-0.25, -0.2) is 0 Å². The van der Waals surface area contributed by atoms with Crippen molar-refractivity contribution in [2.45, 2.75) is 0 Å². The Kier molecular flexibility index (Phi) is 2.86. The molecule has 0 saturated carbocycles. The summed E-state index contributed by atoms with van der Waals surface area (Å²) in [6.45, 7) is 0. The van der Waals surface area contributed by atoms with Gasteiger partial charge in [0.1, 0.15) is 0 Å². The largest absolute Gasteiger partial charge is 2.00 e. The summed E-state index contributed by atoms with van der Waals surface area (Å²) in [7, 11) is 0. The first-order valence-electron chi connectivity index (χ1n) is 1.30. The quantitative estimate of drug-likeness (QED) is 0.500. The maximum absolute atomic E-state index is 3.49. The molecule has 26 valence electrons. The standard InChI is InChI=1S/C2H3N3.Zn/c1-2-4-5-3-1;/h1-2H,(H,3,4,5);/q;+2. The average Bonchev–Trinajstić information content (AvgIpc) is 1.76. The summed E-state index contributed by atoms with van der Waals surface area (Å²) in [5.74, 6) is 0. The van der Waals surface area contributed by atoms with Gasteiger partial charge in [-0.1, -0.05) is 0 Å². The molecule has 0 radical (unpaired) electrons. The van der Waals surface area contributed by atoms with E-state index in [9.17, 15) is 0 Å². The minimum Gasteiger partial charge on any atom is -0.198 e. The molecule has 0 aliphatic rings. The van der Waals surface area contributed by atoms with Gasteiger partial charge in [-0.2, -0.15) is 15.4 Å². The van der Waals surface area contributed by atoms with Crippen LogP contribution in [0.1, 0.15) is 0 Å². The number of hydrogen-bond acceptors (Lipinski definition) is 2. The molecule has 0 bridgehead atoms. The van der Waals surface area contributed by atoms with Gasteiger partial charge in [0.05, 0.1) is 12.4 Å². The Hall–Kier alpha value is -0.237. The van der Waals surface area contributed by atoms with Gasteiger partial charge < -0.3 is 0 Å². The molecule has 0 aliphatic carbocycles. The van der Waals surface area contributed by atoms with Crippen LogP contribution in [0, 0.1) is 0 Å². The summed E-state index contributed by atoms with van der Waals surface area (Å²) in [4.78, 5) is 0. The van der Waals surface area contributed by atoms with Crippen LogP contribution < -0.4 is 0 Å². The van der Waals surface area contributed by atoms with E-state index in [-0.39, 0.29) is 19.5 Å². The van der Waals surface area contributed by atoms with Gasteiger partial charge in [-0.05, 0) is 0 Å². The average molecular weight is 134 g/mol. The zero-order chi connectivity index (χ0) is 3.54. The van der Waals surface area contributed by atoms with Crippen molar-refractivity contribution in [2.24, 2.45) is 0 Å². The third kappa shape index (κ3) is 1.27. The maximum Gasteiger partial charge on any atom is 2.00 e. The molecule has 0 atom stereocenters. The number of rotatable bonds is 0. The van der Waals surface area contributed by atoms with E-state index in [1.54, 1.807) is 12.4 Å². The molecule has 0 amide bonds. The second-order valence-electron chi connectivity index (χ2n) is 0.656. The summed E-state index contributed by atoms with van der Waals surface area (Å²) < 4.78 is 0. The summed E-state index contributed by atoms with van der Waals surface area (Å²) in [5.41, 5.74) is 0. The molecule has 1 heterocycles. The van der Waals surface area contributed by atoms with Crippen molar-refractivity contribution in [1.82, 2.24) is 15.4 Å². The van der Waals surface area contributed by atoms with Gasteiger partial charge in [0.2, 0.25) is 0 Å². The Morgan fingerprint density at radius 1 is 1.17 bits per heavy atom. The van der Waals surface area contributed by atoms with Gasteiger partial charge >= 0.3 is 19.5 Å². The summed E-state index contributed by atoms with van der Waals surface area (Å²) in [5, 5.41) is 9.33. The van der Waals surface area contributed by atoms with Crippen LogP contribution in [-0.2, 0) is 19.5 Å². The van der Waals surface area contributed by atoms with E-state index in [0.717, 1.165) is 0 Å². The zero-order valence-corrected chi connectivity index (χ0v) is 6.22. The van der Waals surface area contributed by atoms with Crippen LogP contribution in [0.3, 0.4) is 0 Å². The third-order valence-electron chi connectivity index (χ3n) is 0.331. The molecule has 0 saturated heterocycles. The van der Waals surface area contributed by atoms with Crippen LogP contribution in [0.5, 0.6) is 0 Å². The summed E-state index contributed by atoms with van der Waals surface area (Å²) in [6, 6.07) is 0. The number of hydrogen-bond donors (Lipinski definition) is 1. The Bertz CT molecular complexity index is 65.3. The normalized spacial score (nSPS) is 6.67. The van der Waals surface area contributed by atoms with Gasteiger partial charge in [0.25, 0.3) is 0 Å². The van der Waals surface area contributed by atoms with Crippen LogP contribution in [0.15, 0.2) is 12.4 Å². The van der Waals surface area contributed by atoms with Crippen molar-refractivity contribution >= 4 is 0 Å². The SMILES string of the molecule is [Zn+2].c1cn[nH]n1. The van der Waals surface area contributed by atoms with Crippen LogP contribution in [-0.4, -0.2) is 15.4 Å². The third-order valence-corrected chi connectivity index (χ3v) is 0.331. The topological polar surface area (TPSA) is 41.6 Å². The van der Waals surface area contributed by atoms with Crippen LogP contribution >= 0.6 is 0 Å². The van der Waals surface area contributed by atoms with Crippen molar-refractivity contribution in [3.05, 3.63) is 12.4 Å². The molecule has 0 spiro atoms. The van der Waals surface area contributed by atoms with E-state index < -0.39 is 0 Å². The Balaban J connectivity index is 0.000000250. The first-order chi connectivity index (χ1) is 2.50. The molecule has 0 aliphatic heterocycles.